The molecule has 23 heavy (non-hydrogen) atoms. The van der Waals surface area contributed by atoms with E-state index in [0.29, 0.717) is 30.5 Å². The van der Waals surface area contributed by atoms with E-state index in [9.17, 15) is 9.90 Å². The van der Waals surface area contributed by atoms with E-state index < -0.39 is 5.60 Å². The van der Waals surface area contributed by atoms with Gasteiger partial charge in [0.05, 0.1) is 5.60 Å². The van der Waals surface area contributed by atoms with Crippen LogP contribution in [-0.4, -0.2) is 16.5 Å². The molecule has 4 rings (SSSR count). The fourth-order valence-corrected chi connectivity index (χ4v) is 6.10. The first-order valence-electron chi connectivity index (χ1n) is 9.10. The summed E-state index contributed by atoms with van der Waals surface area (Å²) < 4.78 is 0. The summed E-state index contributed by atoms with van der Waals surface area (Å²) in [6.07, 6.45) is 15.8. The Bertz CT molecular complexity index is 662. The van der Waals surface area contributed by atoms with Gasteiger partial charge >= 0.3 is 0 Å². The van der Waals surface area contributed by atoms with Crippen molar-refractivity contribution in [2.75, 3.05) is 0 Å². The van der Waals surface area contributed by atoms with E-state index in [0.717, 1.165) is 44.9 Å². The minimum absolute atomic E-state index is 0.0419. The van der Waals surface area contributed by atoms with Crippen LogP contribution in [0.5, 0.6) is 0 Å². The van der Waals surface area contributed by atoms with Crippen LogP contribution in [0, 0.1) is 29.6 Å². The highest BCUT2D eigenvalue weighted by atomic mass is 16.3. The molecule has 2 fully saturated rings. The number of hydrogen-bond acceptors (Lipinski definition) is 2. The van der Waals surface area contributed by atoms with Crippen molar-refractivity contribution in [3.05, 3.63) is 22.8 Å². The highest BCUT2D eigenvalue weighted by molar-refractivity contribution is 5.93. The first-order chi connectivity index (χ1) is 11.0. The molecule has 122 valence electrons. The second kappa shape index (κ2) is 5.08. The second-order valence-electron chi connectivity index (χ2n) is 8.26. The van der Waals surface area contributed by atoms with Gasteiger partial charge in [-0.25, -0.2) is 0 Å². The molecule has 0 radical (unpaired) electrons. The molecule has 1 N–H and O–H groups in total. The van der Waals surface area contributed by atoms with Crippen LogP contribution in [0.2, 0.25) is 0 Å². The van der Waals surface area contributed by atoms with Gasteiger partial charge in [0.25, 0.3) is 0 Å². The van der Waals surface area contributed by atoms with Gasteiger partial charge in [0.1, 0.15) is 0 Å². The quantitative estimate of drug-likeness (QED) is 0.745. The average Bonchev–Trinajstić information content (AvgIpc) is 2.79. The van der Waals surface area contributed by atoms with Crippen LogP contribution in [0.25, 0.3) is 0 Å². The van der Waals surface area contributed by atoms with Crippen LogP contribution >= 0.6 is 0 Å². The van der Waals surface area contributed by atoms with Gasteiger partial charge < -0.3 is 5.11 Å². The molecule has 0 heterocycles. The Morgan fingerprint density at radius 1 is 1.26 bits per heavy atom. The van der Waals surface area contributed by atoms with Gasteiger partial charge in [0.2, 0.25) is 0 Å². The van der Waals surface area contributed by atoms with Crippen LogP contribution in [0.15, 0.2) is 22.8 Å². The Balaban J connectivity index is 1.72. The molecule has 0 aromatic carbocycles. The average molecular weight is 310 g/mol. The first kappa shape index (κ1) is 15.2. The molecule has 4 aliphatic carbocycles. The molecule has 2 heteroatoms. The molecule has 0 bridgehead atoms. The number of hydrogen-bond donors (Lipinski definition) is 1. The van der Waals surface area contributed by atoms with E-state index in [1.165, 1.54) is 11.1 Å². The van der Waals surface area contributed by atoms with E-state index in [4.69, 9.17) is 6.42 Å². The first-order valence-corrected chi connectivity index (χ1v) is 9.10. The summed E-state index contributed by atoms with van der Waals surface area (Å²) in [5.74, 6) is 4.17. The lowest BCUT2D eigenvalue weighted by molar-refractivity contribution is -0.114. The number of terminal acetylenes is 1. The highest BCUT2D eigenvalue weighted by Gasteiger charge is 2.60. The summed E-state index contributed by atoms with van der Waals surface area (Å²) in [4.78, 5) is 11.7. The van der Waals surface area contributed by atoms with Crippen molar-refractivity contribution in [3.8, 4) is 12.3 Å². The van der Waals surface area contributed by atoms with Crippen molar-refractivity contribution in [2.24, 2.45) is 17.3 Å². The molecule has 2 saturated carbocycles. The monoisotopic (exact) mass is 310 g/mol. The summed E-state index contributed by atoms with van der Waals surface area (Å²) in [5, 5.41) is 11.2. The second-order valence-corrected chi connectivity index (χ2v) is 8.26. The molecule has 4 atom stereocenters. The number of carbonyl (C=O) groups is 1. The Labute approximate surface area is 139 Å². The summed E-state index contributed by atoms with van der Waals surface area (Å²) in [5.41, 5.74) is 3.70. The largest absolute Gasteiger partial charge is 0.388 e. The Morgan fingerprint density at radius 3 is 2.87 bits per heavy atom. The standard InChI is InChI=1S/C21H26O2/c1-3-10-21(23)12-9-19-18-6-4-14-13-15(22)5-7-16(14)17(18)8-11-20(19,21)2/h1,13,18-19,23H,4-12H2,2H3/t18?,19-,20-,21-/m0/s1. The van der Waals surface area contributed by atoms with Gasteiger partial charge in [-0.05, 0) is 74.0 Å². The Hall–Kier alpha value is -1.33. The van der Waals surface area contributed by atoms with Crippen molar-refractivity contribution in [3.63, 3.8) is 0 Å². The smallest absolute Gasteiger partial charge is 0.156 e. The van der Waals surface area contributed by atoms with Crippen molar-refractivity contribution in [1.29, 1.82) is 0 Å². The van der Waals surface area contributed by atoms with Crippen molar-refractivity contribution >= 4 is 5.78 Å². The topological polar surface area (TPSA) is 37.3 Å². The maximum absolute atomic E-state index is 11.7. The van der Waals surface area contributed by atoms with Crippen molar-refractivity contribution in [2.45, 2.75) is 70.3 Å². The third kappa shape index (κ3) is 2.02. The molecule has 1 unspecified atom stereocenters. The molecular weight excluding hydrogens is 284 g/mol. The normalized spacial score (nSPS) is 42.5. The highest BCUT2D eigenvalue weighted by Crippen LogP contribution is 2.64. The lowest BCUT2D eigenvalue weighted by Crippen LogP contribution is -2.49. The molecule has 0 aromatic heterocycles. The maximum atomic E-state index is 11.7. The van der Waals surface area contributed by atoms with E-state index in [1.807, 2.05) is 6.08 Å². The van der Waals surface area contributed by atoms with E-state index in [1.54, 1.807) is 5.57 Å². The predicted octanol–water partition coefficient (Wildman–Crippen LogP) is 3.95. The fourth-order valence-electron chi connectivity index (χ4n) is 6.10. The summed E-state index contributed by atoms with van der Waals surface area (Å²) >= 11 is 0. The minimum atomic E-state index is -0.679. The zero-order valence-electron chi connectivity index (χ0n) is 14.0. The van der Waals surface area contributed by atoms with Crippen LogP contribution in [0.3, 0.4) is 0 Å². The van der Waals surface area contributed by atoms with E-state index in [-0.39, 0.29) is 5.41 Å². The molecule has 0 spiro atoms. The SMILES string of the molecule is C#CC[C@]1(O)CC[C@H]2C3CCC4=CC(=O)CCC4=C3CC[C@@]21C. The molecule has 0 aliphatic heterocycles. The number of ketones is 1. The van der Waals surface area contributed by atoms with Crippen LogP contribution in [0.4, 0.5) is 0 Å². The molecule has 2 nitrogen and oxygen atoms in total. The van der Waals surface area contributed by atoms with Gasteiger partial charge in [0.15, 0.2) is 5.78 Å². The van der Waals surface area contributed by atoms with Gasteiger partial charge in [-0.15, -0.1) is 12.3 Å². The van der Waals surface area contributed by atoms with E-state index in [2.05, 4.69) is 12.8 Å². The van der Waals surface area contributed by atoms with Gasteiger partial charge in [0, 0.05) is 18.3 Å². The summed E-state index contributed by atoms with van der Waals surface area (Å²) in [7, 11) is 0. The van der Waals surface area contributed by atoms with Crippen molar-refractivity contribution in [1.82, 2.24) is 0 Å². The number of carbonyl (C=O) groups excluding carboxylic acids is 1. The van der Waals surface area contributed by atoms with Crippen LogP contribution in [-0.2, 0) is 4.79 Å². The third-order valence-electron chi connectivity index (χ3n) is 7.45. The van der Waals surface area contributed by atoms with Crippen LogP contribution < -0.4 is 0 Å². The van der Waals surface area contributed by atoms with Gasteiger partial charge in [-0.3, -0.25) is 4.79 Å². The molecule has 0 saturated heterocycles. The van der Waals surface area contributed by atoms with E-state index >= 15 is 0 Å². The number of fused-ring (bicyclic) bond motifs is 4. The number of aliphatic hydroxyl groups is 1. The number of rotatable bonds is 1. The van der Waals surface area contributed by atoms with Gasteiger partial charge in [-0.2, -0.15) is 0 Å². The fraction of sp³-hybridized carbons (Fsp3) is 0.667. The predicted molar refractivity (Wildman–Crippen MR) is 90.5 cm³/mol. The summed E-state index contributed by atoms with van der Waals surface area (Å²) in [6.45, 7) is 2.28. The Morgan fingerprint density at radius 2 is 2.09 bits per heavy atom. The molecule has 0 amide bonds. The molecule has 4 aliphatic rings. The van der Waals surface area contributed by atoms with Gasteiger partial charge in [-0.1, -0.05) is 12.5 Å². The van der Waals surface area contributed by atoms with Crippen molar-refractivity contribution < 1.29 is 9.90 Å². The zero-order chi connectivity index (χ0) is 16.2. The Kier molecular flexibility index (Phi) is 3.36. The third-order valence-corrected chi connectivity index (χ3v) is 7.45. The zero-order valence-corrected chi connectivity index (χ0v) is 14.0. The molecule has 0 aromatic rings. The van der Waals surface area contributed by atoms with Crippen LogP contribution in [0.1, 0.15) is 64.7 Å². The maximum Gasteiger partial charge on any atom is 0.156 e. The summed E-state index contributed by atoms with van der Waals surface area (Å²) in [6, 6.07) is 0. The molecular formula is C21H26O2. The lowest BCUT2D eigenvalue weighted by Gasteiger charge is -2.51. The number of allylic oxidation sites excluding steroid dienone is 4. The lowest BCUT2D eigenvalue weighted by atomic mass is 9.54. The minimum Gasteiger partial charge on any atom is -0.388 e.